The summed E-state index contributed by atoms with van der Waals surface area (Å²) in [5.41, 5.74) is 0.511. The maximum absolute atomic E-state index is 12.0. The van der Waals surface area contributed by atoms with Crippen molar-refractivity contribution in [2.75, 3.05) is 12.0 Å². The van der Waals surface area contributed by atoms with Crippen molar-refractivity contribution in [3.05, 3.63) is 33.3 Å². The number of rotatable bonds is 5. The number of carbonyl (C=O) groups is 1. The van der Waals surface area contributed by atoms with Crippen LogP contribution in [-0.2, 0) is 0 Å². The summed E-state index contributed by atoms with van der Waals surface area (Å²) >= 11 is 11.1. The highest BCUT2D eigenvalue weighted by Crippen LogP contribution is 2.21. The number of amides is 1. The van der Waals surface area contributed by atoms with Gasteiger partial charge in [0.05, 0.1) is 10.6 Å². The average molecular weight is 337 g/mol. The first-order chi connectivity index (χ1) is 8.04. The van der Waals surface area contributed by atoms with Gasteiger partial charge in [0.1, 0.15) is 0 Å². The third kappa shape index (κ3) is 4.90. The standard InChI is InChI=1S/C12H15BrClNOS/c1-8(5-6-17-2)15-12(16)10-7-9(13)3-4-11(10)14/h3-4,7-8H,5-6H2,1-2H3,(H,15,16). The van der Waals surface area contributed by atoms with Gasteiger partial charge in [0.15, 0.2) is 0 Å². The summed E-state index contributed by atoms with van der Waals surface area (Å²) in [6, 6.07) is 5.42. The quantitative estimate of drug-likeness (QED) is 0.881. The molecular weight excluding hydrogens is 322 g/mol. The summed E-state index contributed by atoms with van der Waals surface area (Å²) in [6.45, 7) is 2.00. The maximum atomic E-state index is 12.0. The monoisotopic (exact) mass is 335 g/mol. The van der Waals surface area contributed by atoms with Crippen molar-refractivity contribution < 1.29 is 4.79 Å². The fraction of sp³-hybridized carbons (Fsp3) is 0.417. The molecular formula is C12H15BrClNOS. The topological polar surface area (TPSA) is 29.1 Å². The van der Waals surface area contributed by atoms with Crippen LogP contribution in [0, 0.1) is 0 Å². The van der Waals surface area contributed by atoms with Crippen LogP contribution in [0.15, 0.2) is 22.7 Å². The minimum Gasteiger partial charge on any atom is -0.350 e. The van der Waals surface area contributed by atoms with Crippen molar-refractivity contribution >= 4 is 45.2 Å². The minimum atomic E-state index is -0.120. The third-order valence-corrected chi connectivity index (χ3v) is 3.77. The van der Waals surface area contributed by atoms with Crippen molar-refractivity contribution in [3.63, 3.8) is 0 Å². The largest absolute Gasteiger partial charge is 0.350 e. The van der Waals surface area contributed by atoms with E-state index in [9.17, 15) is 4.79 Å². The van der Waals surface area contributed by atoms with Crippen LogP contribution in [-0.4, -0.2) is 24.0 Å². The second-order valence-electron chi connectivity index (χ2n) is 3.78. The summed E-state index contributed by atoms with van der Waals surface area (Å²) in [5.74, 6) is 0.915. The first-order valence-electron chi connectivity index (χ1n) is 5.29. The van der Waals surface area contributed by atoms with E-state index in [-0.39, 0.29) is 11.9 Å². The van der Waals surface area contributed by atoms with Gasteiger partial charge in [-0.1, -0.05) is 27.5 Å². The molecule has 0 saturated heterocycles. The molecule has 1 rings (SSSR count). The molecule has 1 N–H and O–H groups in total. The first kappa shape index (κ1) is 14.9. The molecule has 0 aliphatic heterocycles. The Morgan fingerprint density at radius 1 is 1.59 bits per heavy atom. The van der Waals surface area contributed by atoms with Crippen molar-refractivity contribution in [1.29, 1.82) is 0 Å². The normalized spacial score (nSPS) is 12.2. The Kier molecular flexibility index (Phi) is 6.38. The lowest BCUT2D eigenvalue weighted by Gasteiger charge is -2.14. The Morgan fingerprint density at radius 3 is 2.94 bits per heavy atom. The average Bonchev–Trinajstić information content (AvgIpc) is 2.29. The van der Waals surface area contributed by atoms with Crippen LogP contribution < -0.4 is 5.32 Å². The molecule has 0 aliphatic carbocycles. The number of hydrogen-bond acceptors (Lipinski definition) is 2. The van der Waals surface area contributed by atoms with Gasteiger partial charge in [0.25, 0.3) is 5.91 Å². The predicted octanol–water partition coefficient (Wildman–Crippen LogP) is 3.97. The predicted molar refractivity (Wildman–Crippen MR) is 79.1 cm³/mol. The van der Waals surface area contributed by atoms with Gasteiger partial charge in [0.2, 0.25) is 0 Å². The van der Waals surface area contributed by atoms with Crippen molar-refractivity contribution in [1.82, 2.24) is 5.32 Å². The van der Waals surface area contributed by atoms with Gasteiger partial charge in [-0.15, -0.1) is 0 Å². The van der Waals surface area contributed by atoms with Crippen LogP contribution in [0.4, 0.5) is 0 Å². The summed E-state index contributed by atoms with van der Waals surface area (Å²) in [7, 11) is 0. The Balaban J connectivity index is 2.66. The van der Waals surface area contributed by atoms with Crippen LogP contribution in [0.5, 0.6) is 0 Å². The van der Waals surface area contributed by atoms with E-state index in [1.807, 2.05) is 13.0 Å². The first-order valence-corrected chi connectivity index (χ1v) is 7.86. The molecule has 5 heteroatoms. The molecule has 0 aromatic heterocycles. The molecule has 0 radical (unpaired) electrons. The molecule has 17 heavy (non-hydrogen) atoms. The second kappa shape index (κ2) is 7.29. The lowest BCUT2D eigenvalue weighted by Crippen LogP contribution is -2.33. The zero-order valence-electron chi connectivity index (χ0n) is 9.80. The summed E-state index contributed by atoms with van der Waals surface area (Å²) in [6.07, 6.45) is 3.01. The van der Waals surface area contributed by atoms with E-state index < -0.39 is 0 Å². The highest BCUT2D eigenvalue weighted by molar-refractivity contribution is 9.10. The second-order valence-corrected chi connectivity index (χ2v) is 6.09. The van der Waals surface area contributed by atoms with Gasteiger partial charge in [-0.05, 0) is 43.6 Å². The Bertz CT molecular complexity index is 400. The van der Waals surface area contributed by atoms with Gasteiger partial charge >= 0.3 is 0 Å². The van der Waals surface area contributed by atoms with Crippen LogP contribution in [0.25, 0.3) is 0 Å². The summed E-state index contributed by atoms with van der Waals surface area (Å²) in [5, 5.41) is 3.42. The van der Waals surface area contributed by atoms with E-state index in [0.717, 1.165) is 16.6 Å². The minimum absolute atomic E-state index is 0.120. The van der Waals surface area contributed by atoms with Crippen LogP contribution in [0.3, 0.4) is 0 Å². The number of benzene rings is 1. The van der Waals surface area contributed by atoms with E-state index in [1.165, 1.54) is 0 Å². The van der Waals surface area contributed by atoms with E-state index in [0.29, 0.717) is 10.6 Å². The number of hydrogen-bond donors (Lipinski definition) is 1. The molecule has 94 valence electrons. The Hall–Kier alpha value is -0.190. The van der Waals surface area contributed by atoms with Crippen molar-refractivity contribution in [2.24, 2.45) is 0 Å². The molecule has 2 nitrogen and oxygen atoms in total. The lowest BCUT2D eigenvalue weighted by atomic mass is 10.2. The molecule has 0 aliphatic rings. The highest BCUT2D eigenvalue weighted by Gasteiger charge is 2.13. The molecule has 0 bridgehead atoms. The zero-order chi connectivity index (χ0) is 12.8. The van der Waals surface area contributed by atoms with Gasteiger partial charge in [-0.25, -0.2) is 0 Å². The van der Waals surface area contributed by atoms with Gasteiger partial charge in [0, 0.05) is 10.5 Å². The smallest absolute Gasteiger partial charge is 0.253 e. The van der Waals surface area contributed by atoms with E-state index in [4.69, 9.17) is 11.6 Å². The molecule has 0 spiro atoms. The molecule has 1 atom stereocenters. The lowest BCUT2D eigenvalue weighted by molar-refractivity contribution is 0.0939. The highest BCUT2D eigenvalue weighted by atomic mass is 79.9. The zero-order valence-corrected chi connectivity index (χ0v) is 13.0. The molecule has 0 fully saturated rings. The molecule has 1 unspecified atom stereocenters. The third-order valence-electron chi connectivity index (χ3n) is 2.31. The van der Waals surface area contributed by atoms with Gasteiger partial charge < -0.3 is 5.32 Å². The van der Waals surface area contributed by atoms with E-state index in [2.05, 4.69) is 27.5 Å². The van der Waals surface area contributed by atoms with Crippen LogP contribution in [0.2, 0.25) is 5.02 Å². The summed E-state index contributed by atoms with van der Waals surface area (Å²) in [4.78, 5) is 12.0. The van der Waals surface area contributed by atoms with Crippen molar-refractivity contribution in [3.8, 4) is 0 Å². The van der Waals surface area contributed by atoms with Crippen LogP contribution in [0.1, 0.15) is 23.7 Å². The molecule has 0 saturated carbocycles. The summed E-state index contributed by atoms with van der Waals surface area (Å²) < 4.78 is 0.851. The maximum Gasteiger partial charge on any atom is 0.253 e. The van der Waals surface area contributed by atoms with E-state index >= 15 is 0 Å². The Labute approximate surface area is 120 Å². The molecule has 1 aromatic carbocycles. The van der Waals surface area contributed by atoms with E-state index in [1.54, 1.807) is 23.9 Å². The van der Waals surface area contributed by atoms with Crippen molar-refractivity contribution in [2.45, 2.75) is 19.4 Å². The van der Waals surface area contributed by atoms with Gasteiger partial charge in [-0.3, -0.25) is 4.79 Å². The fourth-order valence-corrected chi connectivity index (χ4v) is 2.49. The SMILES string of the molecule is CSCCC(C)NC(=O)c1cc(Br)ccc1Cl. The van der Waals surface area contributed by atoms with Gasteiger partial charge in [-0.2, -0.15) is 11.8 Å². The molecule has 1 aromatic rings. The Morgan fingerprint density at radius 2 is 2.29 bits per heavy atom. The number of nitrogens with one attached hydrogen (secondary N) is 1. The van der Waals surface area contributed by atoms with Crippen LogP contribution >= 0.6 is 39.3 Å². The fourth-order valence-electron chi connectivity index (χ4n) is 1.34. The molecule has 0 heterocycles. The number of thioether (sulfide) groups is 1. The number of halogens is 2. The number of carbonyl (C=O) groups excluding carboxylic acids is 1. The molecule has 1 amide bonds.